The molecule has 0 saturated heterocycles. The number of allylic oxidation sites excluding steroid dienone is 3. The van der Waals surface area contributed by atoms with E-state index in [4.69, 9.17) is 5.73 Å². The number of hydrogen-bond donors (Lipinski definition) is 1. The Kier molecular flexibility index (Phi) is 9.75. The highest BCUT2D eigenvalue weighted by Crippen LogP contribution is 2.22. The lowest BCUT2D eigenvalue weighted by Gasteiger charge is -2.06. The van der Waals surface area contributed by atoms with Crippen LogP contribution in [0.2, 0.25) is 0 Å². The second kappa shape index (κ2) is 11.7. The summed E-state index contributed by atoms with van der Waals surface area (Å²) in [4.78, 5) is 0. The van der Waals surface area contributed by atoms with Crippen molar-refractivity contribution in [2.75, 3.05) is 6.54 Å². The van der Waals surface area contributed by atoms with Crippen LogP contribution in [-0.4, -0.2) is 21.3 Å². The molecule has 0 fully saturated rings. The second-order valence-electron chi connectivity index (χ2n) is 4.72. The molecule has 0 aliphatic heterocycles. The molecule has 0 atom stereocenters. The molecule has 5 heteroatoms. The minimum absolute atomic E-state index is 0.585. The van der Waals surface area contributed by atoms with E-state index >= 15 is 0 Å². The minimum atomic E-state index is 0.585. The zero-order valence-electron chi connectivity index (χ0n) is 14.1. The van der Waals surface area contributed by atoms with Crippen molar-refractivity contribution < 1.29 is 0 Å². The summed E-state index contributed by atoms with van der Waals surface area (Å²) in [6.07, 6.45) is 7.91. The van der Waals surface area contributed by atoms with Gasteiger partial charge in [-0.05, 0) is 32.4 Å². The zero-order chi connectivity index (χ0) is 16.9. The summed E-state index contributed by atoms with van der Waals surface area (Å²) >= 11 is 1.69. The van der Waals surface area contributed by atoms with Crippen LogP contribution in [0.3, 0.4) is 0 Å². The highest BCUT2D eigenvalue weighted by atomic mass is 32.2. The van der Waals surface area contributed by atoms with Crippen molar-refractivity contribution in [3.05, 3.63) is 59.9 Å². The zero-order valence-corrected chi connectivity index (χ0v) is 15.0. The van der Waals surface area contributed by atoms with Crippen LogP contribution in [0.5, 0.6) is 0 Å². The average molecular weight is 331 g/mol. The van der Waals surface area contributed by atoms with Gasteiger partial charge in [-0.1, -0.05) is 60.3 Å². The Morgan fingerprint density at radius 1 is 1.04 bits per heavy atom. The molecule has 2 N–H and O–H groups in total. The van der Waals surface area contributed by atoms with Crippen molar-refractivity contribution in [3.8, 4) is 0 Å². The fraction of sp³-hybridized carbons (Fsp3) is 0.333. The predicted molar refractivity (Wildman–Crippen MR) is 100 cm³/mol. The summed E-state index contributed by atoms with van der Waals surface area (Å²) in [6.45, 7) is 7.30. The first kappa shape index (κ1) is 19.2. The van der Waals surface area contributed by atoms with Gasteiger partial charge >= 0.3 is 0 Å². The first-order valence-electron chi connectivity index (χ1n) is 7.76. The SMILES string of the molecule is C/C=C/c1nnc(SCc2ccccc2)n1CCN.C/C=C\C. The lowest BCUT2D eigenvalue weighted by atomic mass is 10.2. The van der Waals surface area contributed by atoms with Gasteiger partial charge in [-0.15, -0.1) is 10.2 Å². The van der Waals surface area contributed by atoms with Crippen LogP contribution < -0.4 is 5.73 Å². The summed E-state index contributed by atoms with van der Waals surface area (Å²) in [5, 5.41) is 9.34. The van der Waals surface area contributed by atoms with E-state index < -0.39 is 0 Å². The Labute approximate surface area is 143 Å². The third-order valence-electron chi connectivity index (χ3n) is 2.96. The van der Waals surface area contributed by atoms with Gasteiger partial charge in [0.1, 0.15) is 0 Å². The molecule has 124 valence electrons. The molecule has 2 aromatic rings. The molecule has 1 heterocycles. The molecule has 0 aliphatic carbocycles. The quantitative estimate of drug-likeness (QED) is 0.639. The molecule has 23 heavy (non-hydrogen) atoms. The number of hydrogen-bond acceptors (Lipinski definition) is 4. The summed E-state index contributed by atoms with van der Waals surface area (Å²) in [6, 6.07) is 10.3. The molecular weight excluding hydrogens is 304 g/mol. The third-order valence-corrected chi connectivity index (χ3v) is 4.00. The van der Waals surface area contributed by atoms with Crippen molar-refractivity contribution in [1.29, 1.82) is 0 Å². The molecular formula is C18H26N4S. The predicted octanol–water partition coefficient (Wildman–Crippen LogP) is 4.14. The standard InChI is InChI=1S/C14H18N4S.C4H8/c1-2-6-13-16-17-14(18(13)10-9-15)19-11-12-7-4-3-5-8-12;1-3-4-2/h2-8H,9-11,15H2,1H3;3-4H,1-2H3/b6-2+;4-3-. The van der Waals surface area contributed by atoms with E-state index in [-0.39, 0.29) is 0 Å². The van der Waals surface area contributed by atoms with E-state index in [1.54, 1.807) is 11.8 Å². The van der Waals surface area contributed by atoms with Crippen LogP contribution in [-0.2, 0) is 12.3 Å². The summed E-state index contributed by atoms with van der Waals surface area (Å²) in [5.74, 6) is 1.75. The maximum Gasteiger partial charge on any atom is 0.191 e. The summed E-state index contributed by atoms with van der Waals surface area (Å²) in [5.41, 5.74) is 6.93. The van der Waals surface area contributed by atoms with Gasteiger partial charge in [-0.2, -0.15) is 0 Å². The Morgan fingerprint density at radius 2 is 1.74 bits per heavy atom. The molecule has 4 nitrogen and oxygen atoms in total. The van der Waals surface area contributed by atoms with Gasteiger partial charge in [0.15, 0.2) is 11.0 Å². The monoisotopic (exact) mass is 330 g/mol. The number of thioether (sulfide) groups is 1. The van der Waals surface area contributed by atoms with E-state index in [1.807, 2.05) is 63.3 Å². The smallest absolute Gasteiger partial charge is 0.191 e. The number of benzene rings is 1. The van der Waals surface area contributed by atoms with Crippen LogP contribution in [0.1, 0.15) is 32.2 Å². The Bertz CT molecular complexity index is 599. The van der Waals surface area contributed by atoms with Gasteiger partial charge in [-0.25, -0.2) is 0 Å². The van der Waals surface area contributed by atoms with E-state index in [2.05, 4.69) is 26.9 Å². The van der Waals surface area contributed by atoms with Crippen molar-refractivity contribution in [3.63, 3.8) is 0 Å². The topological polar surface area (TPSA) is 56.7 Å². The van der Waals surface area contributed by atoms with Crippen molar-refractivity contribution in [2.45, 2.75) is 38.2 Å². The largest absolute Gasteiger partial charge is 0.329 e. The van der Waals surface area contributed by atoms with Gasteiger partial charge < -0.3 is 10.3 Å². The van der Waals surface area contributed by atoms with Crippen molar-refractivity contribution in [2.24, 2.45) is 5.73 Å². The lowest BCUT2D eigenvalue weighted by molar-refractivity contribution is 0.639. The Morgan fingerprint density at radius 3 is 2.30 bits per heavy atom. The molecule has 0 spiro atoms. The number of aromatic nitrogens is 3. The van der Waals surface area contributed by atoms with Gasteiger partial charge in [0.25, 0.3) is 0 Å². The molecule has 1 aromatic carbocycles. The van der Waals surface area contributed by atoms with E-state index in [9.17, 15) is 0 Å². The van der Waals surface area contributed by atoms with Crippen molar-refractivity contribution in [1.82, 2.24) is 14.8 Å². The van der Waals surface area contributed by atoms with Gasteiger partial charge in [-0.3, -0.25) is 0 Å². The molecule has 0 amide bonds. The maximum absolute atomic E-state index is 5.65. The number of nitrogens with zero attached hydrogens (tertiary/aromatic N) is 3. The minimum Gasteiger partial charge on any atom is -0.329 e. The molecule has 1 aromatic heterocycles. The molecule has 0 saturated carbocycles. The fourth-order valence-electron chi connectivity index (χ4n) is 1.74. The number of rotatable bonds is 6. The van der Waals surface area contributed by atoms with Crippen LogP contribution in [0.4, 0.5) is 0 Å². The Hall–Kier alpha value is -1.85. The van der Waals surface area contributed by atoms with Crippen molar-refractivity contribution >= 4 is 17.8 Å². The Balaban J connectivity index is 0.000000593. The van der Waals surface area contributed by atoms with Gasteiger partial charge in [0, 0.05) is 18.8 Å². The van der Waals surface area contributed by atoms with Crippen LogP contribution in [0.15, 0.2) is 53.7 Å². The molecule has 0 radical (unpaired) electrons. The van der Waals surface area contributed by atoms with E-state index in [0.29, 0.717) is 6.54 Å². The highest BCUT2D eigenvalue weighted by Gasteiger charge is 2.09. The van der Waals surface area contributed by atoms with Gasteiger partial charge in [0.05, 0.1) is 0 Å². The first-order valence-corrected chi connectivity index (χ1v) is 8.75. The molecule has 2 rings (SSSR count). The maximum atomic E-state index is 5.65. The van der Waals surface area contributed by atoms with Crippen LogP contribution >= 0.6 is 11.8 Å². The number of nitrogens with two attached hydrogens (primary N) is 1. The van der Waals surface area contributed by atoms with E-state index in [1.165, 1.54) is 5.56 Å². The van der Waals surface area contributed by atoms with E-state index in [0.717, 1.165) is 23.3 Å². The summed E-state index contributed by atoms with van der Waals surface area (Å²) < 4.78 is 2.06. The first-order chi connectivity index (χ1) is 11.3. The van der Waals surface area contributed by atoms with Crippen LogP contribution in [0.25, 0.3) is 6.08 Å². The van der Waals surface area contributed by atoms with Crippen LogP contribution in [0, 0.1) is 0 Å². The summed E-state index contributed by atoms with van der Waals surface area (Å²) in [7, 11) is 0. The second-order valence-corrected chi connectivity index (χ2v) is 5.66. The normalized spacial score (nSPS) is 11.0. The lowest BCUT2D eigenvalue weighted by Crippen LogP contribution is -2.12. The molecule has 0 aliphatic rings. The molecule has 0 unspecified atom stereocenters. The molecule has 0 bridgehead atoms. The third kappa shape index (κ3) is 6.84. The highest BCUT2D eigenvalue weighted by molar-refractivity contribution is 7.98. The van der Waals surface area contributed by atoms with Gasteiger partial charge in [0.2, 0.25) is 0 Å². The fourth-order valence-corrected chi connectivity index (χ4v) is 2.67. The average Bonchev–Trinajstić information content (AvgIpc) is 2.97.